The zero-order chi connectivity index (χ0) is 19.5. The highest BCUT2D eigenvalue weighted by atomic mass is 32.2. The smallest absolute Gasteiger partial charge is 0.162 e. The summed E-state index contributed by atoms with van der Waals surface area (Å²) in [5.41, 5.74) is 3.66. The van der Waals surface area contributed by atoms with Crippen LogP contribution in [-0.2, 0) is 13.1 Å². The predicted octanol–water partition coefficient (Wildman–Crippen LogP) is 4.21. The van der Waals surface area contributed by atoms with Crippen molar-refractivity contribution < 1.29 is 14.6 Å². The van der Waals surface area contributed by atoms with Gasteiger partial charge in [-0.15, -0.1) is 0 Å². The van der Waals surface area contributed by atoms with Gasteiger partial charge in [0.15, 0.2) is 11.5 Å². The molecule has 144 valence electrons. The lowest BCUT2D eigenvalue weighted by molar-refractivity contribution is 0.171. The van der Waals surface area contributed by atoms with E-state index >= 15 is 0 Å². The zero-order valence-corrected chi connectivity index (χ0v) is 16.3. The number of aliphatic hydroxyl groups excluding tert-OH is 1. The molecule has 1 unspecified atom stereocenters. The van der Waals surface area contributed by atoms with E-state index in [1.807, 2.05) is 30.5 Å². The molecule has 6 heteroatoms. The van der Waals surface area contributed by atoms with E-state index in [1.54, 1.807) is 30.2 Å². The van der Waals surface area contributed by atoms with Crippen molar-refractivity contribution in [3.05, 3.63) is 84.2 Å². The summed E-state index contributed by atoms with van der Waals surface area (Å²) in [6.45, 7) is 10.2. The van der Waals surface area contributed by atoms with E-state index in [4.69, 9.17) is 9.47 Å². The number of ether oxygens (including phenoxy) is 2. The van der Waals surface area contributed by atoms with Crippen LogP contribution in [-0.4, -0.2) is 27.6 Å². The van der Waals surface area contributed by atoms with Gasteiger partial charge in [-0.1, -0.05) is 31.4 Å². The molecule has 1 aromatic carbocycles. The molecule has 1 atom stereocenters. The minimum Gasteiger partial charge on any atom is -0.486 e. The van der Waals surface area contributed by atoms with E-state index in [0.29, 0.717) is 24.5 Å². The number of nitrogens with zero attached hydrogens (tertiary/aromatic N) is 2. The standard InChI is InChI=1S/C22H22N2O3S/c1-3-5-15(4-2)22(25)19-10-16-13-24(14-17(16)12-23-19)28-18-6-7-20-21(11-18)27-9-8-26-20/h3-7,10-12,22,25H,1-2,8-9,13-14H2/b15-5+. The fourth-order valence-electron chi connectivity index (χ4n) is 3.29. The molecular formula is C22H22N2O3S. The Labute approximate surface area is 169 Å². The fraction of sp³-hybridized carbons (Fsp3) is 0.227. The summed E-state index contributed by atoms with van der Waals surface area (Å²) in [6.07, 6.45) is 6.06. The van der Waals surface area contributed by atoms with Crippen molar-refractivity contribution in [1.29, 1.82) is 0 Å². The molecule has 0 saturated carbocycles. The van der Waals surface area contributed by atoms with Crippen LogP contribution in [0.25, 0.3) is 0 Å². The molecule has 1 aromatic heterocycles. The highest BCUT2D eigenvalue weighted by Gasteiger charge is 2.23. The van der Waals surface area contributed by atoms with Crippen LogP contribution in [0.5, 0.6) is 11.5 Å². The zero-order valence-electron chi connectivity index (χ0n) is 15.5. The molecular weight excluding hydrogens is 372 g/mol. The molecule has 2 aliphatic heterocycles. The first-order valence-electron chi connectivity index (χ1n) is 9.11. The van der Waals surface area contributed by atoms with E-state index in [9.17, 15) is 5.11 Å². The summed E-state index contributed by atoms with van der Waals surface area (Å²) in [5, 5.41) is 10.6. The molecule has 0 aliphatic carbocycles. The van der Waals surface area contributed by atoms with E-state index in [2.05, 4.69) is 22.4 Å². The van der Waals surface area contributed by atoms with Gasteiger partial charge in [-0.2, -0.15) is 0 Å². The van der Waals surface area contributed by atoms with Gasteiger partial charge in [-0.3, -0.25) is 4.98 Å². The SMILES string of the molecule is C=C/C=C(\C=C)C(O)c1cc2c(cn1)CN(Sc1ccc3c(c1)OCCO3)C2. The van der Waals surface area contributed by atoms with E-state index in [0.717, 1.165) is 29.5 Å². The molecule has 2 aromatic rings. The second-order valence-corrected chi connectivity index (χ2v) is 7.75. The maximum atomic E-state index is 10.6. The Morgan fingerprint density at radius 3 is 2.71 bits per heavy atom. The topological polar surface area (TPSA) is 54.8 Å². The van der Waals surface area contributed by atoms with Gasteiger partial charge in [0.2, 0.25) is 0 Å². The number of aromatic nitrogens is 1. The molecule has 28 heavy (non-hydrogen) atoms. The van der Waals surface area contributed by atoms with Crippen LogP contribution in [0.4, 0.5) is 0 Å². The highest BCUT2D eigenvalue weighted by molar-refractivity contribution is 7.97. The number of hydrogen-bond donors (Lipinski definition) is 1. The lowest BCUT2D eigenvalue weighted by Gasteiger charge is -2.20. The molecule has 0 saturated heterocycles. The van der Waals surface area contributed by atoms with E-state index < -0.39 is 6.10 Å². The Kier molecular flexibility index (Phi) is 5.52. The summed E-state index contributed by atoms with van der Waals surface area (Å²) in [6, 6.07) is 8.00. The summed E-state index contributed by atoms with van der Waals surface area (Å²) in [7, 11) is 0. The number of aliphatic hydroxyl groups is 1. The van der Waals surface area contributed by atoms with E-state index in [-0.39, 0.29) is 0 Å². The molecule has 3 heterocycles. The number of pyridine rings is 1. The van der Waals surface area contributed by atoms with Gasteiger partial charge < -0.3 is 14.6 Å². The van der Waals surface area contributed by atoms with Crippen molar-refractivity contribution in [2.75, 3.05) is 13.2 Å². The third-order valence-corrected chi connectivity index (χ3v) is 5.67. The van der Waals surface area contributed by atoms with Crippen molar-refractivity contribution in [1.82, 2.24) is 9.29 Å². The monoisotopic (exact) mass is 394 g/mol. The van der Waals surface area contributed by atoms with Gasteiger partial charge in [-0.05, 0) is 52.9 Å². The molecule has 0 spiro atoms. The highest BCUT2D eigenvalue weighted by Crippen LogP contribution is 2.38. The number of fused-ring (bicyclic) bond motifs is 2. The summed E-state index contributed by atoms with van der Waals surface area (Å²) in [4.78, 5) is 5.56. The van der Waals surface area contributed by atoms with Gasteiger partial charge >= 0.3 is 0 Å². The minimum atomic E-state index is -0.805. The predicted molar refractivity (Wildman–Crippen MR) is 110 cm³/mol. The molecule has 5 nitrogen and oxygen atoms in total. The largest absolute Gasteiger partial charge is 0.486 e. The Hall–Kier alpha value is -2.54. The number of allylic oxidation sites excluding steroid dienone is 2. The Bertz CT molecular complexity index is 941. The van der Waals surface area contributed by atoms with Gasteiger partial charge in [0.1, 0.15) is 19.3 Å². The number of benzene rings is 1. The molecule has 4 rings (SSSR count). The van der Waals surface area contributed by atoms with Crippen molar-refractivity contribution in [3.8, 4) is 11.5 Å². The number of rotatable bonds is 6. The van der Waals surface area contributed by atoms with Crippen molar-refractivity contribution in [3.63, 3.8) is 0 Å². The lowest BCUT2D eigenvalue weighted by atomic mass is 10.0. The molecule has 2 aliphatic rings. The maximum Gasteiger partial charge on any atom is 0.162 e. The van der Waals surface area contributed by atoms with Gasteiger partial charge in [-0.25, -0.2) is 4.31 Å². The average molecular weight is 394 g/mol. The maximum absolute atomic E-state index is 10.6. The van der Waals surface area contributed by atoms with Crippen LogP contribution >= 0.6 is 11.9 Å². The third-order valence-electron chi connectivity index (χ3n) is 4.69. The first-order chi connectivity index (χ1) is 13.7. The molecule has 1 N–H and O–H groups in total. The minimum absolute atomic E-state index is 0.583. The Balaban J connectivity index is 1.47. The Morgan fingerprint density at radius 2 is 1.93 bits per heavy atom. The normalized spacial score (nSPS) is 17.1. The van der Waals surface area contributed by atoms with Crippen LogP contribution in [0, 0.1) is 0 Å². The summed E-state index contributed by atoms with van der Waals surface area (Å²) < 4.78 is 13.5. The Morgan fingerprint density at radius 1 is 1.14 bits per heavy atom. The second-order valence-electron chi connectivity index (χ2n) is 6.58. The van der Waals surface area contributed by atoms with Crippen molar-refractivity contribution in [2.45, 2.75) is 24.1 Å². The summed E-state index contributed by atoms with van der Waals surface area (Å²) in [5.74, 6) is 1.60. The first-order valence-corrected chi connectivity index (χ1v) is 9.88. The van der Waals surface area contributed by atoms with Gasteiger partial charge in [0.05, 0.1) is 5.69 Å². The lowest BCUT2D eigenvalue weighted by Crippen LogP contribution is -2.15. The first kappa shape index (κ1) is 18.8. The number of hydrogen-bond acceptors (Lipinski definition) is 6. The third kappa shape index (κ3) is 3.85. The van der Waals surface area contributed by atoms with Gasteiger partial charge in [0, 0.05) is 24.2 Å². The van der Waals surface area contributed by atoms with Crippen LogP contribution in [0.15, 0.2) is 72.3 Å². The molecule has 0 amide bonds. The quantitative estimate of drug-likeness (QED) is 0.585. The average Bonchev–Trinajstić information content (AvgIpc) is 3.12. The fourth-order valence-corrected chi connectivity index (χ4v) is 4.28. The van der Waals surface area contributed by atoms with Crippen molar-refractivity contribution >= 4 is 11.9 Å². The van der Waals surface area contributed by atoms with Crippen LogP contribution in [0.1, 0.15) is 22.9 Å². The van der Waals surface area contributed by atoms with Crippen LogP contribution in [0.3, 0.4) is 0 Å². The molecule has 0 fully saturated rings. The van der Waals surface area contributed by atoms with Crippen molar-refractivity contribution in [2.24, 2.45) is 0 Å². The van der Waals surface area contributed by atoms with E-state index in [1.165, 1.54) is 11.1 Å². The molecule has 0 radical (unpaired) electrons. The second kappa shape index (κ2) is 8.22. The summed E-state index contributed by atoms with van der Waals surface area (Å²) >= 11 is 1.68. The van der Waals surface area contributed by atoms with Crippen LogP contribution in [0.2, 0.25) is 0 Å². The van der Waals surface area contributed by atoms with Crippen LogP contribution < -0.4 is 9.47 Å². The molecule has 0 bridgehead atoms. The van der Waals surface area contributed by atoms with Gasteiger partial charge in [0.25, 0.3) is 0 Å².